The first-order chi connectivity index (χ1) is 17.7. The normalized spacial score (nSPS) is 10.8. The van der Waals surface area contributed by atoms with Gasteiger partial charge >= 0.3 is 180 Å². The average Bonchev–Trinajstić information content (AvgIpc) is 2.92. The van der Waals surface area contributed by atoms with Gasteiger partial charge in [-0.1, -0.05) is 35.9 Å². The Kier molecular flexibility index (Phi) is 10.1. The number of benzene rings is 5. The number of hydrogen-bond donors (Lipinski definition) is 0. The van der Waals surface area contributed by atoms with E-state index in [-0.39, 0.29) is 0 Å². The molecule has 180 valence electrons. The zero-order valence-electron chi connectivity index (χ0n) is 21.3. The van der Waals surface area contributed by atoms with Gasteiger partial charge in [-0.2, -0.15) is 0 Å². The van der Waals surface area contributed by atoms with E-state index in [0.717, 1.165) is 0 Å². The molecule has 0 fully saturated rings. The van der Waals surface area contributed by atoms with Gasteiger partial charge < -0.3 is 0 Å². The first kappa shape index (κ1) is 26.0. The van der Waals surface area contributed by atoms with E-state index >= 15 is 0 Å². The summed E-state index contributed by atoms with van der Waals surface area (Å²) in [6.45, 7) is 2.08. The Bertz CT molecular complexity index is 1080. The summed E-state index contributed by atoms with van der Waals surface area (Å²) in [7, 11) is 0. The number of hydrogen-bond acceptors (Lipinski definition) is 0. The zero-order valence-corrected chi connectivity index (χ0v) is 24.9. The molecule has 5 rings (SSSR count). The van der Waals surface area contributed by atoms with Crippen LogP contribution in [0.3, 0.4) is 0 Å². The van der Waals surface area contributed by atoms with E-state index in [9.17, 15) is 0 Å². The summed E-state index contributed by atoms with van der Waals surface area (Å²) in [5, 5.41) is 0. The van der Waals surface area contributed by atoms with Crippen molar-refractivity contribution in [2.45, 2.75) is 23.6 Å². The van der Waals surface area contributed by atoms with E-state index in [1.165, 1.54) is 44.5 Å². The molecule has 0 aliphatic rings. The molecule has 0 bridgehead atoms. The summed E-state index contributed by atoms with van der Waals surface area (Å²) in [5.74, 6) is 0. The van der Waals surface area contributed by atoms with Crippen molar-refractivity contribution in [3.63, 3.8) is 0 Å². The molecule has 0 atom stereocenters. The van der Waals surface area contributed by atoms with Gasteiger partial charge in [-0.25, -0.2) is 0 Å². The van der Waals surface area contributed by atoms with Crippen LogP contribution in [0.2, 0.25) is 0 Å². The van der Waals surface area contributed by atoms with E-state index in [2.05, 4.69) is 140 Å². The SMILES string of the molecule is Cc1ccccc1.c1ccc([CH2][Hf]([CH2]c2ccccc2)([CH2]c2ccccc2)[CH2]c2ccccc2)cc1. The third-order valence-corrected chi connectivity index (χ3v) is 23.3. The van der Waals surface area contributed by atoms with Gasteiger partial charge in [0.2, 0.25) is 0 Å². The van der Waals surface area contributed by atoms with E-state index < -0.39 is 20.0 Å². The molecule has 0 radical (unpaired) electrons. The van der Waals surface area contributed by atoms with Crippen molar-refractivity contribution in [2.75, 3.05) is 0 Å². The Morgan fingerprint density at radius 2 is 0.556 bits per heavy atom. The maximum atomic E-state index is 2.33. The van der Waals surface area contributed by atoms with Crippen LogP contribution in [0.15, 0.2) is 152 Å². The number of rotatable bonds is 8. The summed E-state index contributed by atoms with van der Waals surface area (Å²) in [4.78, 5) is 0. The third kappa shape index (κ3) is 8.57. The van der Waals surface area contributed by atoms with Gasteiger partial charge in [0, 0.05) is 0 Å². The fraction of sp³-hybridized carbons (Fsp3) is 0.143. The molecule has 0 aliphatic carbocycles. The van der Waals surface area contributed by atoms with Crippen LogP contribution < -0.4 is 0 Å². The number of aryl methyl sites for hydroxylation is 1. The monoisotopic (exact) mass is 636 g/mol. The molecule has 0 aliphatic heterocycles. The Hall–Kier alpha value is -3.03. The van der Waals surface area contributed by atoms with Crippen LogP contribution >= 0.6 is 0 Å². The van der Waals surface area contributed by atoms with E-state index in [0.29, 0.717) is 0 Å². The first-order valence-electron chi connectivity index (χ1n) is 12.9. The first-order valence-corrected chi connectivity index (χ1v) is 23.0. The Balaban J connectivity index is 0.000000375. The van der Waals surface area contributed by atoms with E-state index in [1.807, 2.05) is 18.2 Å². The van der Waals surface area contributed by atoms with Gasteiger partial charge in [0.25, 0.3) is 0 Å². The molecule has 0 spiro atoms. The van der Waals surface area contributed by atoms with Gasteiger partial charge in [0.05, 0.1) is 0 Å². The molecule has 0 unspecified atom stereocenters. The van der Waals surface area contributed by atoms with Gasteiger partial charge in [-0.15, -0.1) is 0 Å². The van der Waals surface area contributed by atoms with Gasteiger partial charge in [0.15, 0.2) is 0 Å². The molecule has 5 aromatic carbocycles. The Labute approximate surface area is 222 Å². The van der Waals surface area contributed by atoms with Crippen LogP contribution in [0.4, 0.5) is 0 Å². The molecule has 0 aromatic heterocycles. The second kappa shape index (κ2) is 13.9. The Morgan fingerprint density at radius 3 is 0.750 bits per heavy atom. The molecule has 0 N–H and O–H groups in total. The van der Waals surface area contributed by atoms with Gasteiger partial charge in [-0.3, -0.25) is 0 Å². The minimum atomic E-state index is -2.88. The molecule has 0 saturated carbocycles. The molecule has 0 heterocycles. The summed E-state index contributed by atoms with van der Waals surface area (Å²) in [5.41, 5.74) is 7.37. The topological polar surface area (TPSA) is 0 Å². The van der Waals surface area contributed by atoms with Crippen molar-refractivity contribution in [3.8, 4) is 0 Å². The zero-order chi connectivity index (χ0) is 24.9. The molecular formula is C35H36Hf. The standard InChI is InChI=1S/C7H8.4C7H7.Hf/c5*1-7-5-3-2-4-6-7;/h2-6H,1H3;4*2-6H,1H2;. The van der Waals surface area contributed by atoms with Gasteiger partial charge in [0.1, 0.15) is 0 Å². The predicted molar refractivity (Wildman–Crippen MR) is 152 cm³/mol. The van der Waals surface area contributed by atoms with E-state index in [1.54, 1.807) is 0 Å². The fourth-order valence-electron chi connectivity index (χ4n) is 5.02. The van der Waals surface area contributed by atoms with Gasteiger partial charge in [-0.05, 0) is 6.92 Å². The van der Waals surface area contributed by atoms with Crippen LogP contribution in [-0.2, 0) is 36.7 Å². The maximum absolute atomic E-state index is 2.88. The average molecular weight is 635 g/mol. The summed E-state index contributed by atoms with van der Waals surface area (Å²) < 4.78 is 5.14. The molecular weight excluding hydrogens is 599 g/mol. The summed E-state index contributed by atoms with van der Waals surface area (Å²) in [6, 6.07) is 55.0. The van der Waals surface area contributed by atoms with Crippen LogP contribution in [0, 0.1) is 6.92 Å². The minimum absolute atomic E-state index is 1.28. The van der Waals surface area contributed by atoms with Crippen LogP contribution in [0.5, 0.6) is 0 Å². The van der Waals surface area contributed by atoms with Crippen LogP contribution in [-0.4, -0.2) is 0 Å². The van der Waals surface area contributed by atoms with Crippen molar-refractivity contribution in [1.82, 2.24) is 0 Å². The van der Waals surface area contributed by atoms with Crippen LogP contribution in [0.1, 0.15) is 27.8 Å². The molecule has 1 heteroatoms. The molecule has 0 nitrogen and oxygen atoms in total. The second-order valence-electron chi connectivity index (χ2n) is 9.80. The fourth-order valence-corrected chi connectivity index (χ4v) is 23.6. The van der Waals surface area contributed by atoms with Crippen LogP contribution in [0.25, 0.3) is 0 Å². The van der Waals surface area contributed by atoms with Crippen molar-refractivity contribution < 1.29 is 20.0 Å². The predicted octanol–water partition coefficient (Wildman–Crippen LogP) is 8.94. The van der Waals surface area contributed by atoms with Crippen molar-refractivity contribution >= 4 is 0 Å². The quantitative estimate of drug-likeness (QED) is 0.150. The second-order valence-corrected chi connectivity index (χ2v) is 25.7. The molecule has 36 heavy (non-hydrogen) atoms. The molecule has 5 aromatic rings. The molecule has 0 saturated heterocycles. The summed E-state index contributed by atoms with van der Waals surface area (Å²) in [6.07, 6.45) is 0. The van der Waals surface area contributed by atoms with Crippen molar-refractivity contribution in [2.24, 2.45) is 0 Å². The van der Waals surface area contributed by atoms with Crippen molar-refractivity contribution in [3.05, 3.63) is 179 Å². The molecule has 0 amide bonds. The Morgan fingerprint density at radius 1 is 0.333 bits per heavy atom. The third-order valence-electron chi connectivity index (χ3n) is 6.63. The van der Waals surface area contributed by atoms with E-state index in [4.69, 9.17) is 0 Å². The van der Waals surface area contributed by atoms with Crippen molar-refractivity contribution in [1.29, 1.82) is 0 Å². The summed E-state index contributed by atoms with van der Waals surface area (Å²) >= 11 is -2.88.